The zero-order valence-corrected chi connectivity index (χ0v) is 23.1. The average molecular weight is 565 g/mol. The van der Waals surface area contributed by atoms with Crippen molar-refractivity contribution in [1.29, 1.82) is 0 Å². The number of esters is 1. The number of fused-ring (bicyclic) bond motifs is 3. The molecule has 0 fully saturated rings. The molecule has 1 aliphatic rings. The summed E-state index contributed by atoms with van der Waals surface area (Å²) in [5.74, 6) is 1.11. The number of carbonyl (C=O) groups is 1. The van der Waals surface area contributed by atoms with Crippen molar-refractivity contribution in [3.8, 4) is 39.9 Å². The maximum Gasteiger partial charge on any atom is 0.312 e. The van der Waals surface area contributed by atoms with E-state index in [1.54, 1.807) is 38.5 Å². The van der Waals surface area contributed by atoms with Crippen molar-refractivity contribution in [2.75, 3.05) is 20.8 Å². The molecule has 1 N–H and O–H groups in total. The standard InChI is InChI=1S/C34H28O8/c1-38-23-9-3-20(4-10-23)15-16-40-25-13-7-21(8-14-25)26-17-30(36)42-29-18-28(35)32-33(37)27(19-41-34(32)31(26)29)22-5-11-24(39-2)12-6-22/h3-14,18-19,26,35H,15-17H2,1-2H3/t26-/m1/s1. The van der Waals surface area contributed by atoms with E-state index in [9.17, 15) is 14.7 Å². The number of ether oxygens (including phenoxy) is 4. The van der Waals surface area contributed by atoms with Crippen LogP contribution in [0.15, 0.2) is 94.3 Å². The molecule has 0 bridgehead atoms. The molecule has 5 aromatic rings. The number of methoxy groups -OCH3 is 2. The van der Waals surface area contributed by atoms with E-state index in [2.05, 4.69) is 0 Å². The van der Waals surface area contributed by atoms with Gasteiger partial charge in [-0.05, 0) is 53.1 Å². The third-order valence-corrected chi connectivity index (χ3v) is 7.47. The molecule has 2 heterocycles. The summed E-state index contributed by atoms with van der Waals surface area (Å²) in [5.41, 5.74) is 3.20. The van der Waals surface area contributed by atoms with Crippen LogP contribution in [0.2, 0.25) is 0 Å². The van der Waals surface area contributed by atoms with Gasteiger partial charge in [0.2, 0.25) is 5.43 Å². The first-order valence-electron chi connectivity index (χ1n) is 13.5. The number of benzene rings is 4. The first-order chi connectivity index (χ1) is 20.4. The van der Waals surface area contributed by atoms with Crippen molar-refractivity contribution >= 4 is 16.9 Å². The van der Waals surface area contributed by atoms with Gasteiger partial charge in [-0.15, -0.1) is 0 Å². The van der Waals surface area contributed by atoms with Crippen LogP contribution >= 0.6 is 0 Å². The van der Waals surface area contributed by atoms with Crippen LogP contribution in [0.25, 0.3) is 22.1 Å². The highest BCUT2D eigenvalue weighted by Crippen LogP contribution is 2.45. The normalized spacial score (nSPS) is 14.2. The van der Waals surface area contributed by atoms with E-state index in [0.29, 0.717) is 34.8 Å². The van der Waals surface area contributed by atoms with Crippen molar-refractivity contribution in [1.82, 2.24) is 0 Å². The minimum atomic E-state index is -0.451. The summed E-state index contributed by atoms with van der Waals surface area (Å²) in [6, 6.07) is 23.6. The Kier molecular flexibility index (Phi) is 7.27. The molecule has 212 valence electrons. The lowest BCUT2D eigenvalue weighted by Gasteiger charge is -2.26. The maximum atomic E-state index is 13.6. The summed E-state index contributed by atoms with van der Waals surface area (Å²) in [5, 5.41) is 10.9. The molecule has 0 saturated heterocycles. The van der Waals surface area contributed by atoms with Crippen molar-refractivity contribution in [3.05, 3.63) is 112 Å². The van der Waals surface area contributed by atoms with Crippen LogP contribution in [0.3, 0.4) is 0 Å². The summed E-state index contributed by atoms with van der Waals surface area (Å²) in [7, 11) is 3.20. The number of phenolic OH excluding ortho intramolecular Hbond substituents is 1. The van der Waals surface area contributed by atoms with Gasteiger partial charge in [0.25, 0.3) is 0 Å². The number of carbonyl (C=O) groups excluding carboxylic acids is 1. The van der Waals surface area contributed by atoms with Gasteiger partial charge in [-0.2, -0.15) is 0 Å². The number of hydrogen-bond acceptors (Lipinski definition) is 8. The van der Waals surface area contributed by atoms with E-state index in [1.807, 2.05) is 48.5 Å². The Morgan fingerprint density at radius 2 is 1.50 bits per heavy atom. The van der Waals surface area contributed by atoms with E-state index >= 15 is 0 Å². The number of phenols is 1. The zero-order valence-electron chi connectivity index (χ0n) is 23.1. The van der Waals surface area contributed by atoms with E-state index in [0.717, 1.165) is 23.3 Å². The minimum absolute atomic E-state index is 0.0310. The topological polar surface area (TPSA) is 104 Å². The molecule has 1 atom stereocenters. The van der Waals surface area contributed by atoms with Gasteiger partial charge in [0, 0.05) is 24.0 Å². The third kappa shape index (κ3) is 5.14. The number of hydrogen-bond donors (Lipinski definition) is 1. The highest BCUT2D eigenvalue weighted by Gasteiger charge is 2.33. The molecule has 0 aliphatic carbocycles. The molecule has 0 saturated carbocycles. The van der Waals surface area contributed by atoms with Crippen LogP contribution in [-0.4, -0.2) is 31.9 Å². The lowest BCUT2D eigenvalue weighted by atomic mass is 9.85. The number of rotatable bonds is 8. The van der Waals surface area contributed by atoms with Gasteiger partial charge in [-0.25, -0.2) is 0 Å². The van der Waals surface area contributed by atoms with Gasteiger partial charge >= 0.3 is 5.97 Å². The van der Waals surface area contributed by atoms with Crippen LogP contribution in [0.1, 0.15) is 29.0 Å². The Hall–Kier alpha value is -5.24. The number of aromatic hydroxyl groups is 1. The molecule has 0 unspecified atom stereocenters. The second-order valence-corrected chi connectivity index (χ2v) is 9.96. The van der Waals surface area contributed by atoms with Gasteiger partial charge in [-0.3, -0.25) is 9.59 Å². The van der Waals surface area contributed by atoms with Gasteiger partial charge in [0.05, 0.1) is 32.8 Å². The largest absolute Gasteiger partial charge is 0.507 e. The zero-order chi connectivity index (χ0) is 29.2. The molecule has 6 rings (SSSR count). The lowest BCUT2D eigenvalue weighted by molar-refractivity contribution is -0.135. The smallest absolute Gasteiger partial charge is 0.312 e. The first kappa shape index (κ1) is 27.0. The molecule has 8 heteroatoms. The third-order valence-electron chi connectivity index (χ3n) is 7.47. The Bertz CT molecular complexity index is 1800. The summed E-state index contributed by atoms with van der Waals surface area (Å²) in [6.45, 7) is 0.496. The Labute approximate surface area is 241 Å². The molecule has 0 radical (unpaired) electrons. The monoisotopic (exact) mass is 564 g/mol. The Morgan fingerprint density at radius 3 is 2.17 bits per heavy atom. The van der Waals surface area contributed by atoms with Gasteiger partial charge < -0.3 is 28.5 Å². The molecular formula is C34H28O8. The Balaban J connectivity index is 1.29. The maximum absolute atomic E-state index is 13.6. The van der Waals surface area contributed by atoms with Crippen LogP contribution in [0, 0.1) is 0 Å². The van der Waals surface area contributed by atoms with Gasteiger partial charge in [-0.1, -0.05) is 36.4 Å². The molecule has 1 aliphatic heterocycles. The van der Waals surface area contributed by atoms with E-state index in [1.165, 1.54) is 12.3 Å². The summed E-state index contributed by atoms with van der Waals surface area (Å²) in [4.78, 5) is 26.2. The van der Waals surface area contributed by atoms with Crippen molar-refractivity contribution in [2.45, 2.75) is 18.8 Å². The average Bonchev–Trinajstić information content (AvgIpc) is 3.01. The molecule has 8 nitrogen and oxygen atoms in total. The fraction of sp³-hybridized carbons (Fsp3) is 0.176. The molecule has 4 aromatic carbocycles. The highest BCUT2D eigenvalue weighted by atomic mass is 16.5. The molecular weight excluding hydrogens is 536 g/mol. The fourth-order valence-electron chi connectivity index (χ4n) is 5.26. The quantitative estimate of drug-likeness (QED) is 0.174. The molecule has 0 spiro atoms. The lowest BCUT2D eigenvalue weighted by Crippen LogP contribution is -2.22. The second kappa shape index (κ2) is 11.3. The predicted octanol–water partition coefficient (Wildman–Crippen LogP) is 6.25. The van der Waals surface area contributed by atoms with E-state index in [4.69, 9.17) is 23.4 Å². The van der Waals surface area contributed by atoms with E-state index < -0.39 is 17.3 Å². The molecule has 1 aromatic heterocycles. The summed E-state index contributed by atoms with van der Waals surface area (Å²) < 4.78 is 27.9. The van der Waals surface area contributed by atoms with E-state index in [-0.39, 0.29) is 28.9 Å². The first-order valence-corrected chi connectivity index (χ1v) is 13.5. The van der Waals surface area contributed by atoms with Crippen molar-refractivity contribution in [3.63, 3.8) is 0 Å². The van der Waals surface area contributed by atoms with Crippen molar-refractivity contribution in [2.24, 2.45) is 0 Å². The van der Waals surface area contributed by atoms with Gasteiger partial charge in [0.15, 0.2) is 0 Å². The summed E-state index contributed by atoms with van der Waals surface area (Å²) >= 11 is 0. The molecule has 42 heavy (non-hydrogen) atoms. The fourth-order valence-corrected chi connectivity index (χ4v) is 5.26. The van der Waals surface area contributed by atoms with Crippen LogP contribution in [-0.2, 0) is 11.2 Å². The predicted molar refractivity (Wildman–Crippen MR) is 157 cm³/mol. The summed E-state index contributed by atoms with van der Waals surface area (Å²) in [6.07, 6.45) is 2.16. The second-order valence-electron chi connectivity index (χ2n) is 9.96. The van der Waals surface area contributed by atoms with Gasteiger partial charge in [0.1, 0.15) is 46.0 Å². The SMILES string of the molecule is COc1ccc(CCOc2ccc([C@H]3CC(=O)Oc4cc(O)c5c(=O)c(-c6ccc(OC)cc6)coc5c43)cc2)cc1. The highest BCUT2D eigenvalue weighted by molar-refractivity contribution is 5.94. The van der Waals surface area contributed by atoms with Crippen LogP contribution < -0.4 is 24.4 Å². The van der Waals surface area contributed by atoms with Crippen molar-refractivity contribution < 1.29 is 33.3 Å². The van der Waals surface area contributed by atoms with Crippen LogP contribution in [0.4, 0.5) is 0 Å². The Morgan fingerprint density at radius 1 is 0.857 bits per heavy atom. The van der Waals surface area contributed by atoms with Crippen LogP contribution in [0.5, 0.6) is 28.7 Å². The molecule has 0 amide bonds. The minimum Gasteiger partial charge on any atom is -0.507 e.